The number of hydrogen-bond donors (Lipinski definition) is 1. The van der Waals surface area contributed by atoms with Crippen LogP contribution in [0.2, 0.25) is 5.02 Å². The summed E-state index contributed by atoms with van der Waals surface area (Å²) in [7, 11) is -4.50. The van der Waals surface area contributed by atoms with Crippen molar-refractivity contribution in [2.45, 2.75) is 18.0 Å². The van der Waals surface area contributed by atoms with Gasteiger partial charge in [0.05, 0.1) is 26.1 Å². The van der Waals surface area contributed by atoms with Crippen molar-refractivity contribution in [2.24, 2.45) is 0 Å². The minimum atomic E-state index is -4.88. The molecule has 0 saturated carbocycles. The highest BCUT2D eigenvalue weighted by atomic mass is 35.5. The van der Waals surface area contributed by atoms with E-state index in [9.17, 15) is 36.5 Å². The molecule has 0 heterocycles. The predicted octanol–water partition coefficient (Wildman–Crippen LogP) is 5.41. The maximum absolute atomic E-state index is 13.4. The first-order valence-corrected chi connectivity index (χ1v) is 11.6. The number of nitro groups is 1. The van der Waals surface area contributed by atoms with Crippen molar-refractivity contribution in [2.75, 3.05) is 16.2 Å². The number of aryl methyl sites for hydroxylation is 1. The minimum Gasteiger partial charge on any atom is -0.324 e. The van der Waals surface area contributed by atoms with Crippen LogP contribution in [-0.2, 0) is 21.0 Å². The van der Waals surface area contributed by atoms with E-state index in [-0.39, 0.29) is 16.3 Å². The number of halogens is 4. The molecule has 35 heavy (non-hydrogen) atoms. The van der Waals surface area contributed by atoms with Gasteiger partial charge in [0.2, 0.25) is 5.91 Å². The summed E-state index contributed by atoms with van der Waals surface area (Å²) in [5.74, 6) is -0.940. The standard InChI is InChI=1S/C22H17ClF3N3O5S/c1-14-5-8-18(9-6-14)35(33,34)28(16-7-10-20(23)19(12-16)22(24,25)26)13-21(30)27-15-3-2-4-17(11-15)29(31)32/h2-12H,13H2,1H3,(H,27,30). The number of anilines is 2. The zero-order valence-corrected chi connectivity index (χ0v) is 19.5. The van der Waals surface area contributed by atoms with E-state index in [1.807, 2.05) is 0 Å². The van der Waals surface area contributed by atoms with Gasteiger partial charge in [-0.3, -0.25) is 19.2 Å². The fourth-order valence-corrected chi connectivity index (χ4v) is 4.70. The van der Waals surface area contributed by atoms with Gasteiger partial charge in [0.25, 0.3) is 15.7 Å². The molecule has 0 aliphatic rings. The molecule has 0 atom stereocenters. The number of carbonyl (C=O) groups excluding carboxylic acids is 1. The van der Waals surface area contributed by atoms with Crippen LogP contribution in [-0.4, -0.2) is 25.8 Å². The molecule has 0 unspecified atom stereocenters. The average molecular weight is 528 g/mol. The van der Waals surface area contributed by atoms with Crippen LogP contribution in [0.1, 0.15) is 11.1 Å². The molecule has 13 heteroatoms. The average Bonchev–Trinajstić information content (AvgIpc) is 2.77. The molecule has 1 N–H and O–H groups in total. The smallest absolute Gasteiger partial charge is 0.324 e. The third kappa shape index (κ3) is 6.08. The first kappa shape index (κ1) is 26.0. The normalized spacial score (nSPS) is 11.7. The molecule has 0 spiro atoms. The van der Waals surface area contributed by atoms with E-state index in [0.717, 1.165) is 23.8 Å². The molecule has 0 radical (unpaired) electrons. The van der Waals surface area contributed by atoms with Crippen molar-refractivity contribution in [1.82, 2.24) is 0 Å². The monoisotopic (exact) mass is 527 g/mol. The summed E-state index contributed by atoms with van der Waals surface area (Å²) in [5.41, 5.74) is -1.30. The quantitative estimate of drug-likeness (QED) is 0.326. The largest absolute Gasteiger partial charge is 0.417 e. The van der Waals surface area contributed by atoms with Crippen LogP contribution in [0.3, 0.4) is 0 Å². The lowest BCUT2D eigenvalue weighted by Gasteiger charge is -2.25. The molecule has 0 aromatic heterocycles. The molecular weight excluding hydrogens is 511 g/mol. The van der Waals surface area contributed by atoms with Crippen LogP contribution >= 0.6 is 11.6 Å². The number of alkyl halides is 3. The summed E-state index contributed by atoms with van der Waals surface area (Å²) in [6.07, 6.45) is -4.88. The van der Waals surface area contributed by atoms with E-state index >= 15 is 0 Å². The van der Waals surface area contributed by atoms with Gasteiger partial charge in [-0.2, -0.15) is 13.2 Å². The second-order valence-corrected chi connectivity index (χ2v) is 9.61. The van der Waals surface area contributed by atoms with Crippen molar-refractivity contribution in [3.63, 3.8) is 0 Å². The molecule has 0 bridgehead atoms. The number of amides is 1. The van der Waals surface area contributed by atoms with Gasteiger partial charge >= 0.3 is 6.18 Å². The Morgan fingerprint density at radius 3 is 2.34 bits per heavy atom. The van der Waals surface area contributed by atoms with Crippen LogP contribution < -0.4 is 9.62 Å². The number of nitrogens with one attached hydrogen (secondary N) is 1. The van der Waals surface area contributed by atoms with Gasteiger partial charge in [-0.05, 0) is 43.3 Å². The summed E-state index contributed by atoms with van der Waals surface area (Å²) in [4.78, 5) is 22.7. The lowest BCUT2D eigenvalue weighted by Crippen LogP contribution is -2.38. The fraction of sp³-hybridized carbons (Fsp3) is 0.136. The van der Waals surface area contributed by atoms with Gasteiger partial charge in [0, 0.05) is 17.8 Å². The Hall–Kier alpha value is -3.64. The van der Waals surface area contributed by atoms with Gasteiger partial charge in [0.15, 0.2) is 0 Å². The number of nitro benzene ring substituents is 1. The molecule has 0 aliphatic heterocycles. The SMILES string of the molecule is Cc1ccc(S(=O)(=O)N(CC(=O)Nc2cccc([N+](=O)[O-])c2)c2ccc(Cl)c(C(F)(F)F)c2)cc1. The maximum Gasteiger partial charge on any atom is 0.417 e. The number of hydrogen-bond acceptors (Lipinski definition) is 5. The lowest BCUT2D eigenvalue weighted by atomic mass is 10.2. The number of carbonyl (C=O) groups is 1. The van der Waals surface area contributed by atoms with Gasteiger partial charge in [-0.15, -0.1) is 0 Å². The molecule has 1 amide bonds. The van der Waals surface area contributed by atoms with E-state index in [0.29, 0.717) is 10.4 Å². The van der Waals surface area contributed by atoms with Crippen LogP contribution in [0, 0.1) is 17.0 Å². The van der Waals surface area contributed by atoms with Crippen molar-refractivity contribution < 1.29 is 31.3 Å². The third-order valence-corrected chi connectivity index (χ3v) is 6.90. The predicted molar refractivity (Wildman–Crippen MR) is 124 cm³/mol. The second kappa shape index (κ2) is 9.92. The molecule has 0 saturated heterocycles. The highest BCUT2D eigenvalue weighted by Gasteiger charge is 2.35. The van der Waals surface area contributed by atoms with E-state index in [4.69, 9.17) is 11.6 Å². The Labute approximate surface area is 203 Å². The van der Waals surface area contributed by atoms with Gasteiger partial charge < -0.3 is 5.32 Å². The first-order valence-electron chi connectivity index (χ1n) is 9.79. The fourth-order valence-electron chi connectivity index (χ4n) is 3.07. The van der Waals surface area contributed by atoms with Crippen molar-refractivity contribution in [3.05, 3.63) is 93.0 Å². The van der Waals surface area contributed by atoms with E-state index < -0.39 is 49.8 Å². The summed E-state index contributed by atoms with van der Waals surface area (Å²) in [6, 6.07) is 12.9. The number of rotatable bonds is 7. The van der Waals surface area contributed by atoms with E-state index in [1.54, 1.807) is 6.92 Å². The Kier molecular flexibility index (Phi) is 7.36. The summed E-state index contributed by atoms with van der Waals surface area (Å²) < 4.78 is 67.5. The van der Waals surface area contributed by atoms with Crippen LogP contribution in [0.25, 0.3) is 0 Å². The Bertz CT molecular complexity index is 1380. The highest BCUT2D eigenvalue weighted by molar-refractivity contribution is 7.92. The number of nitrogens with zero attached hydrogens (tertiary/aromatic N) is 2. The molecule has 3 rings (SSSR count). The Balaban J connectivity index is 2.03. The number of non-ortho nitro benzene ring substituents is 1. The Morgan fingerprint density at radius 1 is 1.09 bits per heavy atom. The minimum absolute atomic E-state index is 0.00368. The molecule has 0 fully saturated rings. The first-order chi connectivity index (χ1) is 16.3. The number of sulfonamides is 1. The molecular formula is C22H17ClF3N3O5S. The van der Waals surface area contributed by atoms with Crippen LogP contribution in [0.4, 0.5) is 30.2 Å². The van der Waals surface area contributed by atoms with Crippen molar-refractivity contribution in [3.8, 4) is 0 Å². The third-order valence-electron chi connectivity index (χ3n) is 4.78. The van der Waals surface area contributed by atoms with E-state index in [2.05, 4.69) is 5.32 Å². The number of benzene rings is 3. The Morgan fingerprint density at radius 2 is 1.74 bits per heavy atom. The van der Waals surface area contributed by atoms with Gasteiger partial charge in [-0.1, -0.05) is 35.4 Å². The summed E-state index contributed by atoms with van der Waals surface area (Å²) in [6.45, 7) is 0.799. The molecule has 8 nitrogen and oxygen atoms in total. The van der Waals surface area contributed by atoms with Crippen LogP contribution in [0.5, 0.6) is 0 Å². The molecule has 0 aliphatic carbocycles. The summed E-state index contributed by atoms with van der Waals surface area (Å²) >= 11 is 5.67. The molecule has 3 aromatic carbocycles. The zero-order valence-electron chi connectivity index (χ0n) is 17.9. The lowest BCUT2D eigenvalue weighted by molar-refractivity contribution is -0.384. The second-order valence-electron chi connectivity index (χ2n) is 7.34. The zero-order chi connectivity index (χ0) is 26.0. The van der Waals surface area contributed by atoms with Gasteiger partial charge in [0.1, 0.15) is 6.54 Å². The van der Waals surface area contributed by atoms with Crippen molar-refractivity contribution >= 4 is 44.6 Å². The van der Waals surface area contributed by atoms with Crippen molar-refractivity contribution in [1.29, 1.82) is 0 Å². The maximum atomic E-state index is 13.4. The summed E-state index contributed by atoms with van der Waals surface area (Å²) in [5, 5.41) is 12.6. The van der Waals surface area contributed by atoms with Crippen LogP contribution in [0.15, 0.2) is 71.6 Å². The highest BCUT2D eigenvalue weighted by Crippen LogP contribution is 2.38. The van der Waals surface area contributed by atoms with E-state index in [1.165, 1.54) is 42.5 Å². The molecule has 3 aromatic rings. The van der Waals surface area contributed by atoms with Gasteiger partial charge in [-0.25, -0.2) is 8.42 Å². The topological polar surface area (TPSA) is 110 Å². The molecule has 184 valence electrons.